The van der Waals surface area contributed by atoms with Gasteiger partial charge in [0.1, 0.15) is 0 Å². The van der Waals surface area contributed by atoms with Gasteiger partial charge in [-0.3, -0.25) is 4.99 Å². The van der Waals surface area contributed by atoms with Crippen LogP contribution in [0.3, 0.4) is 0 Å². The second-order valence-electron chi connectivity index (χ2n) is 3.47. The topological polar surface area (TPSA) is 74.6 Å². The van der Waals surface area contributed by atoms with Gasteiger partial charge in [-0.2, -0.15) is 5.26 Å². The van der Waals surface area contributed by atoms with E-state index in [2.05, 4.69) is 11.1 Å². The maximum atomic E-state index is 8.52. The molecule has 0 aliphatic rings. The SMILES string of the molecule is COCCN(CCC#N)C(N)=NC(C)C. The minimum atomic E-state index is 0.164. The van der Waals surface area contributed by atoms with Gasteiger partial charge in [0.15, 0.2) is 5.96 Å². The average Bonchev–Trinajstić information content (AvgIpc) is 2.17. The fourth-order valence-electron chi connectivity index (χ4n) is 1.07. The highest BCUT2D eigenvalue weighted by Gasteiger charge is 2.07. The van der Waals surface area contributed by atoms with Crippen LogP contribution in [0.1, 0.15) is 20.3 Å². The van der Waals surface area contributed by atoms with E-state index in [1.165, 1.54) is 0 Å². The average molecular weight is 212 g/mol. The van der Waals surface area contributed by atoms with Crippen molar-refractivity contribution in [1.29, 1.82) is 5.26 Å². The van der Waals surface area contributed by atoms with Crippen molar-refractivity contribution in [2.75, 3.05) is 26.8 Å². The van der Waals surface area contributed by atoms with Gasteiger partial charge in [-0.1, -0.05) is 0 Å². The summed E-state index contributed by atoms with van der Waals surface area (Å²) in [6, 6.07) is 2.25. The van der Waals surface area contributed by atoms with E-state index in [1.54, 1.807) is 7.11 Å². The summed E-state index contributed by atoms with van der Waals surface area (Å²) in [6.07, 6.45) is 0.442. The Morgan fingerprint density at radius 2 is 2.20 bits per heavy atom. The molecule has 0 heterocycles. The summed E-state index contributed by atoms with van der Waals surface area (Å²) in [5.74, 6) is 0.484. The van der Waals surface area contributed by atoms with Gasteiger partial charge in [0.05, 0.1) is 19.1 Å². The van der Waals surface area contributed by atoms with E-state index in [1.807, 2.05) is 18.7 Å². The number of methoxy groups -OCH3 is 1. The van der Waals surface area contributed by atoms with Crippen LogP contribution >= 0.6 is 0 Å². The summed E-state index contributed by atoms with van der Waals surface area (Å²) >= 11 is 0. The predicted octanol–water partition coefficient (Wildman–Crippen LogP) is 0.572. The number of aliphatic imine (C=N–C) groups is 1. The minimum Gasteiger partial charge on any atom is -0.383 e. The van der Waals surface area contributed by atoms with Crippen LogP contribution in [0.4, 0.5) is 0 Å². The molecule has 0 aliphatic heterocycles. The van der Waals surface area contributed by atoms with Gasteiger partial charge in [-0.05, 0) is 13.8 Å². The molecule has 0 aromatic rings. The van der Waals surface area contributed by atoms with Crippen molar-refractivity contribution in [3.63, 3.8) is 0 Å². The second-order valence-corrected chi connectivity index (χ2v) is 3.47. The molecule has 0 amide bonds. The molecule has 5 nitrogen and oxygen atoms in total. The number of nitriles is 1. The number of ether oxygens (including phenoxy) is 1. The van der Waals surface area contributed by atoms with Crippen molar-refractivity contribution in [2.45, 2.75) is 26.3 Å². The van der Waals surface area contributed by atoms with Crippen molar-refractivity contribution in [2.24, 2.45) is 10.7 Å². The van der Waals surface area contributed by atoms with E-state index in [0.29, 0.717) is 32.1 Å². The maximum absolute atomic E-state index is 8.52. The van der Waals surface area contributed by atoms with Crippen molar-refractivity contribution in [3.8, 4) is 6.07 Å². The zero-order valence-corrected chi connectivity index (χ0v) is 9.73. The van der Waals surface area contributed by atoms with Gasteiger partial charge >= 0.3 is 0 Å². The summed E-state index contributed by atoms with van der Waals surface area (Å²) in [5.41, 5.74) is 5.81. The van der Waals surface area contributed by atoms with Crippen molar-refractivity contribution in [1.82, 2.24) is 4.90 Å². The van der Waals surface area contributed by atoms with Crippen LogP contribution in [0.2, 0.25) is 0 Å². The fraction of sp³-hybridized carbons (Fsp3) is 0.800. The Morgan fingerprint density at radius 1 is 1.53 bits per heavy atom. The molecule has 0 radical (unpaired) electrons. The molecule has 0 aromatic carbocycles. The number of guanidine groups is 1. The van der Waals surface area contributed by atoms with Crippen LogP contribution in [0.25, 0.3) is 0 Å². The molecule has 0 aliphatic carbocycles. The highest BCUT2D eigenvalue weighted by atomic mass is 16.5. The highest BCUT2D eigenvalue weighted by molar-refractivity contribution is 5.78. The Hall–Kier alpha value is -1.28. The first-order valence-electron chi connectivity index (χ1n) is 5.06. The number of nitrogens with two attached hydrogens (primary N) is 1. The lowest BCUT2D eigenvalue weighted by molar-refractivity contribution is 0.176. The smallest absolute Gasteiger partial charge is 0.191 e. The molecule has 15 heavy (non-hydrogen) atoms. The van der Waals surface area contributed by atoms with Crippen molar-refractivity contribution >= 4 is 5.96 Å². The summed E-state index contributed by atoms with van der Waals surface area (Å²) in [5, 5.41) is 8.52. The van der Waals surface area contributed by atoms with Gasteiger partial charge in [0.25, 0.3) is 0 Å². The molecule has 5 heteroatoms. The molecule has 0 fully saturated rings. The Morgan fingerprint density at radius 3 is 2.67 bits per heavy atom. The van der Waals surface area contributed by atoms with Gasteiger partial charge in [-0.25, -0.2) is 0 Å². The van der Waals surface area contributed by atoms with E-state index in [0.717, 1.165) is 0 Å². The molecule has 0 rings (SSSR count). The molecule has 0 spiro atoms. The molecule has 0 saturated carbocycles. The quantitative estimate of drug-likeness (QED) is 0.516. The lowest BCUT2D eigenvalue weighted by Gasteiger charge is -2.22. The first kappa shape index (κ1) is 13.7. The highest BCUT2D eigenvalue weighted by Crippen LogP contribution is 1.94. The number of nitrogens with zero attached hydrogens (tertiary/aromatic N) is 3. The van der Waals surface area contributed by atoms with Crippen molar-refractivity contribution in [3.05, 3.63) is 0 Å². The molecule has 0 aromatic heterocycles. The van der Waals surface area contributed by atoms with E-state index in [4.69, 9.17) is 15.7 Å². The first-order valence-corrected chi connectivity index (χ1v) is 5.06. The Bertz CT molecular complexity index is 232. The molecule has 0 bridgehead atoms. The first-order chi connectivity index (χ1) is 7.11. The molecule has 0 saturated heterocycles. The van der Waals surface area contributed by atoms with Crippen LogP contribution in [-0.4, -0.2) is 43.7 Å². The largest absolute Gasteiger partial charge is 0.383 e. The Labute approximate surface area is 91.5 Å². The van der Waals surface area contributed by atoms with E-state index in [9.17, 15) is 0 Å². The monoisotopic (exact) mass is 212 g/mol. The molecule has 0 atom stereocenters. The fourth-order valence-corrected chi connectivity index (χ4v) is 1.07. The number of rotatable bonds is 6. The molecular weight excluding hydrogens is 192 g/mol. The van der Waals surface area contributed by atoms with Crippen LogP contribution in [0.5, 0.6) is 0 Å². The molecule has 2 N–H and O–H groups in total. The normalized spacial score (nSPS) is 11.5. The van der Waals surface area contributed by atoms with Gasteiger partial charge in [0.2, 0.25) is 0 Å². The van der Waals surface area contributed by atoms with Gasteiger partial charge in [0, 0.05) is 26.2 Å². The van der Waals surface area contributed by atoms with Crippen LogP contribution in [0, 0.1) is 11.3 Å². The maximum Gasteiger partial charge on any atom is 0.191 e. The Balaban J connectivity index is 4.27. The predicted molar refractivity (Wildman–Crippen MR) is 60.4 cm³/mol. The summed E-state index contributed by atoms with van der Waals surface area (Å²) in [4.78, 5) is 6.11. The van der Waals surface area contributed by atoms with Crippen LogP contribution in [-0.2, 0) is 4.74 Å². The summed E-state index contributed by atoms with van der Waals surface area (Å²) in [6.45, 7) is 5.78. The Kier molecular flexibility index (Phi) is 7.38. The van der Waals surface area contributed by atoms with E-state index in [-0.39, 0.29) is 6.04 Å². The zero-order valence-electron chi connectivity index (χ0n) is 9.73. The lowest BCUT2D eigenvalue weighted by atomic mass is 10.4. The van der Waals surface area contributed by atoms with E-state index < -0.39 is 0 Å². The standard InChI is InChI=1S/C10H20N4O/c1-9(2)13-10(12)14(6-4-5-11)7-8-15-3/h9H,4,6-8H2,1-3H3,(H2,12,13). The minimum absolute atomic E-state index is 0.164. The van der Waals surface area contributed by atoms with Crippen LogP contribution < -0.4 is 5.73 Å². The van der Waals surface area contributed by atoms with Crippen LogP contribution in [0.15, 0.2) is 4.99 Å². The van der Waals surface area contributed by atoms with Crippen molar-refractivity contribution < 1.29 is 4.74 Å². The molecule has 86 valence electrons. The third kappa shape index (κ3) is 6.75. The zero-order chi connectivity index (χ0) is 11.7. The number of hydrogen-bond donors (Lipinski definition) is 1. The lowest BCUT2D eigenvalue weighted by Crippen LogP contribution is -2.40. The second kappa shape index (κ2) is 8.06. The van der Waals surface area contributed by atoms with E-state index >= 15 is 0 Å². The van der Waals surface area contributed by atoms with Gasteiger partial charge < -0.3 is 15.4 Å². The number of hydrogen-bond acceptors (Lipinski definition) is 3. The molecule has 0 unspecified atom stereocenters. The molecular formula is C10H20N4O. The third-order valence-corrected chi connectivity index (χ3v) is 1.77. The summed E-state index contributed by atoms with van der Waals surface area (Å²) in [7, 11) is 1.64. The summed E-state index contributed by atoms with van der Waals surface area (Å²) < 4.78 is 4.97. The van der Waals surface area contributed by atoms with Gasteiger partial charge in [-0.15, -0.1) is 0 Å². The third-order valence-electron chi connectivity index (χ3n) is 1.77.